The van der Waals surface area contributed by atoms with Gasteiger partial charge in [0.2, 0.25) is 0 Å². The van der Waals surface area contributed by atoms with E-state index in [0.717, 1.165) is 11.1 Å². The van der Waals surface area contributed by atoms with E-state index in [9.17, 15) is 30.0 Å². The highest BCUT2D eigenvalue weighted by Crippen LogP contribution is 2.47. The lowest BCUT2D eigenvalue weighted by Gasteiger charge is -2.51. The van der Waals surface area contributed by atoms with Crippen molar-refractivity contribution in [2.45, 2.75) is 89.0 Å². The van der Waals surface area contributed by atoms with Gasteiger partial charge in [-0.15, -0.1) is 0 Å². The smallest absolute Gasteiger partial charge is 0.170 e. The van der Waals surface area contributed by atoms with Crippen molar-refractivity contribution in [2.75, 3.05) is 0 Å². The van der Waals surface area contributed by atoms with Crippen LogP contribution in [-0.4, -0.2) is 55.4 Å². The summed E-state index contributed by atoms with van der Waals surface area (Å²) in [5.41, 5.74) is 1.26. The lowest BCUT2D eigenvalue weighted by Crippen LogP contribution is -2.60. The van der Waals surface area contributed by atoms with Gasteiger partial charge in [0.05, 0.1) is 47.4 Å². The van der Waals surface area contributed by atoms with Crippen molar-refractivity contribution in [2.24, 2.45) is 0 Å². The number of hydrogen-bond acceptors (Lipinski definition) is 10. The van der Waals surface area contributed by atoms with Crippen molar-refractivity contribution in [3.05, 3.63) is 106 Å². The maximum Gasteiger partial charge on any atom is 0.170 e. The van der Waals surface area contributed by atoms with Crippen molar-refractivity contribution in [3.8, 4) is 34.5 Å². The molecule has 3 heterocycles. The second-order valence-corrected chi connectivity index (χ2v) is 14.4. The third kappa shape index (κ3) is 6.14. The van der Waals surface area contributed by atoms with Crippen LogP contribution in [0.3, 0.4) is 0 Å². The van der Waals surface area contributed by atoms with Crippen molar-refractivity contribution < 1.29 is 49.0 Å². The summed E-state index contributed by atoms with van der Waals surface area (Å²) in [4.78, 5) is 26.6. The number of carbonyl (C=O) groups excluding carboxylic acids is 2. The highest BCUT2D eigenvalue weighted by Gasteiger charge is 2.49. The number of rotatable bonds is 6. The Kier molecular flexibility index (Phi) is 8.27. The first-order chi connectivity index (χ1) is 23.7. The quantitative estimate of drug-likeness (QED) is 0.167. The van der Waals surface area contributed by atoms with Crippen molar-refractivity contribution >= 4 is 11.6 Å². The first-order valence-corrected chi connectivity index (χ1v) is 16.7. The van der Waals surface area contributed by atoms with Crippen LogP contribution >= 0.6 is 0 Å². The Morgan fingerprint density at radius 2 is 0.960 bits per heavy atom. The number of ketones is 2. The van der Waals surface area contributed by atoms with E-state index in [4.69, 9.17) is 18.9 Å². The second kappa shape index (κ2) is 12.4. The van der Waals surface area contributed by atoms with E-state index >= 15 is 0 Å². The van der Waals surface area contributed by atoms with Gasteiger partial charge < -0.3 is 39.4 Å². The van der Waals surface area contributed by atoms with Crippen LogP contribution in [0.25, 0.3) is 0 Å². The number of benzene rings is 4. The van der Waals surface area contributed by atoms with E-state index in [2.05, 4.69) is 0 Å². The summed E-state index contributed by atoms with van der Waals surface area (Å²) >= 11 is 0. The molecule has 3 aliphatic heterocycles. The van der Waals surface area contributed by atoms with E-state index in [-0.39, 0.29) is 71.7 Å². The zero-order valence-corrected chi connectivity index (χ0v) is 28.3. The zero-order valence-electron chi connectivity index (χ0n) is 28.3. The molecule has 0 amide bonds. The number of Topliss-reactive ketones (excluding diaryl/α,β-unsaturated/α-hetero) is 2. The molecule has 10 heteroatoms. The summed E-state index contributed by atoms with van der Waals surface area (Å²) < 4.78 is 26.3. The van der Waals surface area contributed by atoms with E-state index in [1.165, 1.54) is 36.4 Å². The lowest BCUT2D eigenvalue weighted by molar-refractivity contribution is -0.291. The van der Waals surface area contributed by atoms with Crippen LogP contribution < -0.4 is 9.47 Å². The van der Waals surface area contributed by atoms with Gasteiger partial charge in [-0.05, 0) is 87.4 Å². The third-order valence-corrected chi connectivity index (χ3v) is 10.0. The molecule has 0 saturated carbocycles. The Morgan fingerprint density at radius 3 is 1.34 bits per heavy atom. The fourth-order valence-electron chi connectivity index (χ4n) is 7.31. The largest absolute Gasteiger partial charge is 0.508 e. The van der Waals surface area contributed by atoms with E-state index in [1.807, 2.05) is 27.7 Å². The molecule has 0 spiro atoms. The minimum absolute atomic E-state index is 0.0503. The summed E-state index contributed by atoms with van der Waals surface area (Å²) in [6, 6.07) is 19.1. The molecule has 50 heavy (non-hydrogen) atoms. The van der Waals surface area contributed by atoms with Crippen molar-refractivity contribution in [1.82, 2.24) is 0 Å². The van der Waals surface area contributed by atoms with Crippen LogP contribution in [0.2, 0.25) is 0 Å². The highest BCUT2D eigenvalue weighted by atomic mass is 16.6. The number of carbonyl (C=O) groups is 2. The molecule has 0 aliphatic carbocycles. The molecule has 0 bridgehead atoms. The van der Waals surface area contributed by atoms with Gasteiger partial charge in [0.25, 0.3) is 0 Å². The summed E-state index contributed by atoms with van der Waals surface area (Å²) in [6.07, 6.45) is -2.01. The molecule has 4 N–H and O–H groups in total. The number of aromatic hydroxyl groups is 4. The summed E-state index contributed by atoms with van der Waals surface area (Å²) in [7, 11) is 0. The molecule has 4 aromatic carbocycles. The molecule has 1 fully saturated rings. The number of hydrogen-bond donors (Lipinski definition) is 4. The van der Waals surface area contributed by atoms with Crippen molar-refractivity contribution in [3.63, 3.8) is 0 Å². The molecule has 4 unspecified atom stereocenters. The van der Waals surface area contributed by atoms with Gasteiger partial charge in [-0.1, -0.05) is 24.3 Å². The maximum atomic E-state index is 13.3. The SMILES string of the molecule is CC1(C)OC(C)(C)C(Cc2c(O)ccc3c2OC(c2ccc(O)cc2)CC3=O)OC1Cc1c(O)ccc2c1OC(c1ccc(O)cc1)CC2=O. The Labute approximate surface area is 289 Å². The van der Waals surface area contributed by atoms with Crippen LogP contribution in [0.4, 0.5) is 0 Å². The van der Waals surface area contributed by atoms with Crippen LogP contribution in [0.1, 0.15) is 95.7 Å². The zero-order chi connectivity index (χ0) is 35.5. The number of phenols is 4. The first-order valence-electron chi connectivity index (χ1n) is 16.7. The Morgan fingerprint density at radius 1 is 0.580 bits per heavy atom. The van der Waals surface area contributed by atoms with Gasteiger partial charge in [-0.3, -0.25) is 9.59 Å². The van der Waals surface area contributed by atoms with Gasteiger partial charge in [-0.2, -0.15) is 0 Å². The molecule has 3 aliphatic rings. The average Bonchev–Trinajstić information content (AvgIpc) is 3.05. The monoisotopic (exact) mass is 680 g/mol. The normalized spacial score (nSPS) is 23.7. The predicted molar refractivity (Wildman–Crippen MR) is 182 cm³/mol. The Bertz CT molecular complexity index is 1820. The molecule has 10 nitrogen and oxygen atoms in total. The topological polar surface area (TPSA) is 152 Å². The maximum absolute atomic E-state index is 13.3. The Hall–Kier alpha value is -5.06. The average molecular weight is 681 g/mol. The molecule has 260 valence electrons. The molecular formula is C40H40O10. The fraction of sp³-hybridized carbons (Fsp3) is 0.350. The van der Waals surface area contributed by atoms with Crippen molar-refractivity contribution in [1.29, 1.82) is 0 Å². The van der Waals surface area contributed by atoms with E-state index in [0.29, 0.717) is 22.3 Å². The van der Waals surface area contributed by atoms with E-state index in [1.54, 1.807) is 36.4 Å². The number of ether oxygens (including phenoxy) is 4. The van der Waals surface area contributed by atoms with Crippen LogP contribution in [0, 0.1) is 0 Å². The standard InChI is InChI=1S/C40H40O10/c1-39(2)35(17-27-29(43)15-13-25-31(45)19-33(47-37(25)27)21-5-9-23(41)10-6-21)49-36(40(3,4)50-39)18-28-30(44)16-14-26-32(46)20-34(48-38(26)28)22-7-11-24(42)12-8-22/h5-16,33-36,41-44H,17-20H2,1-4H3. The Balaban J connectivity index is 1.19. The fourth-order valence-corrected chi connectivity index (χ4v) is 7.31. The van der Waals surface area contributed by atoms with Gasteiger partial charge in [0.1, 0.15) is 46.7 Å². The molecule has 7 rings (SSSR count). The van der Waals surface area contributed by atoms with Crippen LogP contribution in [0.15, 0.2) is 72.8 Å². The summed E-state index contributed by atoms with van der Waals surface area (Å²) in [5, 5.41) is 41.9. The van der Waals surface area contributed by atoms with Gasteiger partial charge in [0.15, 0.2) is 11.6 Å². The van der Waals surface area contributed by atoms with Crippen LogP contribution in [-0.2, 0) is 22.3 Å². The highest BCUT2D eigenvalue weighted by molar-refractivity contribution is 6.01. The first kappa shape index (κ1) is 33.4. The summed E-state index contributed by atoms with van der Waals surface area (Å²) in [5.74, 6) is 0.399. The van der Waals surface area contributed by atoms with E-state index < -0.39 is 35.6 Å². The molecule has 0 aromatic heterocycles. The summed E-state index contributed by atoms with van der Waals surface area (Å²) in [6.45, 7) is 7.61. The molecule has 4 atom stereocenters. The predicted octanol–water partition coefficient (Wildman–Crippen LogP) is 7.05. The molecular weight excluding hydrogens is 640 g/mol. The third-order valence-electron chi connectivity index (χ3n) is 10.0. The molecule has 4 aromatic rings. The van der Waals surface area contributed by atoms with Gasteiger partial charge in [-0.25, -0.2) is 0 Å². The number of phenolic OH excluding ortho intramolecular Hbond substituents is 4. The van der Waals surface area contributed by atoms with Gasteiger partial charge >= 0.3 is 0 Å². The lowest BCUT2D eigenvalue weighted by atomic mass is 9.84. The number of fused-ring (bicyclic) bond motifs is 2. The molecule has 0 radical (unpaired) electrons. The minimum Gasteiger partial charge on any atom is -0.508 e. The van der Waals surface area contributed by atoms with Crippen LogP contribution in [0.5, 0.6) is 34.5 Å². The second-order valence-electron chi connectivity index (χ2n) is 14.4. The van der Waals surface area contributed by atoms with Gasteiger partial charge in [0, 0.05) is 24.0 Å². The molecule has 1 saturated heterocycles. The minimum atomic E-state index is -0.862.